The number of rotatable bonds is 11. The van der Waals surface area contributed by atoms with Crippen molar-refractivity contribution in [2.75, 3.05) is 13.2 Å². The summed E-state index contributed by atoms with van der Waals surface area (Å²) >= 11 is 0. The van der Waals surface area contributed by atoms with Crippen LogP contribution in [-0.2, 0) is 9.53 Å². The molecule has 0 heterocycles. The summed E-state index contributed by atoms with van der Waals surface area (Å²) in [4.78, 5) is 10.6. The fourth-order valence-electron chi connectivity index (χ4n) is 1.87. The molecule has 146 valence electrons. The Bertz CT molecular complexity index is 286. The molecule has 0 amide bonds. The van der Waals surface area contributed by atoms with E-state index in [4.69, 9.17) is 35.4 Å². The van der Waals surface area contributed by atoms with Crippen LogP contribution in [-0.4, -0.2) is 80.3 Å². The topological polar surface area (TPSA) is 148 Å². The maximum Gasteiger partial charge on any atom is 0.302 e. The van der Waals surface area contributed by atoms with Crippen molar-refractivity contribution in [2.24, 2.45) is 0 Å². The Balaban J connectivity index is 0. The van der Waals surface area contributed by atoms with Crippen molar-refractivity contribution in [1.29, 1.82) is 0 Å². The summed E-state index contributed by atoms with van der Waals surface area (Å²) in [6.45, 7) is 4.25. The predicted molar refractivity (Wildman–Crippen MR) is 88.2 cm³/mol. The number of ether oxygens (including phenoxy) is 1. The largest absolute Gasteiger partial charge is 0.463 e. The highest BCUT2D eigenvalue weighted by Crippen LogP contribution is 2.09. The van der Waals surface area contributed by atoms with Gasteiger partial charge in [-0.1, -0.05) is 26.7 Å². The lowest BCUT2D eigenvalue weighted by Crippen LogP contribution is -2.46. The minimum Gasteiger partial charge on any atom is -0.463 e. The summed E-state index contributed by atoms with van der Waals surface area (Å²) in [6, 6.07) is 0. The van der Waals surface area contributed by atoms with E-state index in [-0.39, 0.29) is 12.1 Å². The maximum atomic E-state index is 10.6. The molecule has 5 atom stereocenters. The average Bonchev–Trinajstić information content (AvgIpc) is 2.58. The van der Waals surface area contributed by atoms with Crippen molar-refractivity contribution in [3.05, 3.63) is 0 Å². The molecule has 0 aromatic carbocycles. The van der Waals surface area contributed by atoms with Crippen molar-refractivity contribution < 1.29 is 40.2 Å². The van der Waals surface area contributed by atoms with Gasteiger partial charge in [-0.05, 0) is 19.3 Å². The molecule has 5 unspecified atom stereocenters. The van der Waals surface area contributed by atoms with Crippen LogP contribution in [0, 0.1) is 0 Å². The van der Waals surface area contributed by atoms with Crippen molar-refractivity contribution in [2.45, 2.75) is 83.4 Å². The first-order chi connectivity index (χ1) is 11.2. The summed E-state index contributed by atoms with van der Waals surface area (Å²) in [7, 11) is 0. The summed E-state index contributed by atoms with van der Waals surface area (Å²) in [5.74, 6) is -0.154. The molecule has 0 saturated heterocycles. The minimum absolute atomic E-state index is 0.147. The molecule has 0 radical (unpaired) electrons. The molecular formula is C16H34O8. The predicted octanol–water partition coefficient (Wildman–Crippen LogP) is -0.677. The molecule has 0 spiro atoms. The number of esters is 1. The molecule has 0 fully saturated rings. The summed E-state index contributed by atoms with van der Waals surface area (Å²) in [5, 5.41) is 52.2. The zero-order valence-corrected chi connectivity index (χ0v) is 14.8. The highest BCUT2D eigenvalue weighted by molar-refractivity contribution is 5.66. The molecule has 0 aliphatic rings. The molecule has 8 nitrogen and oxygen atoms in total. The molecule has 24 heavy (non-hydrogen) atoms. The quantitative estimate of drug-likeness (QED) is 0.211. The Hall–Kier alpha value is -0.770. The molecule has 0 aromatic heterocycles. The lowest BCUT2D eigenvalue weighted by molar-refractivity contribution is -0.146. The minimum atomic E-state index is -1.67. The van der Waals surface area contributed by atoms with Gasteiger partial charge in [0.25, 0.3) is 0 Å². The van der Waals surface area contributed by atoms with Crippen molar-refractivity contribution >= 4 is 5.97 Å². The molecule has 0 aliphatic carbocycles. The zero-order chi connectivity index (χ0) is 19.1. The van der Waals surface area contributed by atoms with Gasteiger partial charge in [-0.3, -0.25) is 4.79 Å². The van der Waals surface area contributed by atoms with Crippen LogP contribution in [0.5, 0.6) is 0 Å². The Morgan fingerprint density at radius 2 is 1.38 bits per heavy atom. The number of hydrogen-bond donors (Lipinski definition) is 6. The van der Waals surface area contributed by atoms with Gasteiger partial charge in [-0.15, -0.1) is 0 Å². The summed E-state index contributed by atoms with van der Waals surface area (Å²) < 4.78 is 5.11. The number of aliphatic hydroxyl groups excluding tert-OH is 6. The first-order valence-electron chi connectivity index (χ1n) is 8.36. The molecule has 0 saturated carbocycles. The van der Waals surface area contributed by atoms with Crippen LogP contribution in [0.2, 0.25) is 0 Å². The van der Waals surface area contributed by atoms with Crippen LogP contribution < -0.4 is 0 Å². The highest BCUT2D eigenvalue weighted by Gasteiger charge is 2.29. The Morgan fingerprint density at radius 3 is 1.67 bits per heavy atom. The van der Waals surface area contributed by atoms with Gasteiger partial charge in [0.15, 0.2) is 0 Å². The molecule has 6 N–H and O–H groups in total. The van der Waals surface area contributed by atoms with Gasteiger partial charge in [0.05, 0.1) is 13.2 Å². The van der Waals surface area contributed by atoms with E-state index in [9.17, 15) is 4.79 Å². The smallest absolute Gasteiger partial charge is 0.302 e. The molecular weight excluding hydrogens is 320 g/mol. The van der Waals surface area contributed by atoms with Gasteiger partial charge in [-0.25, -0.2) is 0 Å². The van der Waals surface area contributed by atoms with E-state index in [0.717, 1.165) is 12.8 Å². The van der Waals surface area contributed by atoms with Crippen LogP contribution >= 0.6 is 0 Å². The van der Waals surface area contributed by atoms with E-state index in [1.807, 2.05) is 0 Å². The SMILES string of the molecule is CCCCCC(CC)OC(C)=O.OCC(O)C(O)C(O)C(O)CO. The first-order valence-corrected chi connectivity index (χ1v) is 8.36. The fraction of sp³-hybridized carbons (Fsp3) is 0.938. The molecule has 0 rings (SSSR count). The third-order valence-corrected chi connectivity index (χ3v) is 3.43. The van der Waals surface area contributed by atoms with Crippen LogP contribution in [0.15, 0.2) is 0 Å². The van der Waals surface area contributed by atoms with E-state index in [0.29, 0.717) is 0 Å². The van der Waals surface area contributed by atoms with Crippen LogP contribution in [0.25, 0.3) is 0 Å². The number of carbonyl (C=O) groups is 1. The van der Waals surface area contributed by atoms with Crippen molar-refractivity contribution in [3.8, 4) is 0 Å². The van der Waals surface area contributed by atoms with Crippen LogP contribution in [0.1, 0.15) is 52.9 Å². The number of hydrogen-bond acceptors (Lipinski definition) is 8. The lowest BCUT2D eigenvalue weighted by Gasteiger charge is -2.24. The standard InChI is InChI=1S/C10H20O2.C6H14O6/c1-4-6-7-8-10(5-2)12-9(3)11;7-1-3(9)5(11)6(12)4(10)2-8/h10H,4-8H2,1-3H3;3-12H,1-2H2. The monoisotopic (exact) mass is 354 g/mol. The van der Waals surface area contributed by atoms with E-state index in [2.05, 4.69) is 13.8 Å². The second-order valence-electron chi connectivity index (χ2n) is 5.62. The van der Waals surface area contributed by atoms with E-state index < -0.39 is 37.6 Å². The van der Waals surface area contributed by atoms with Gasteiger partial charge < -0.3 is 35.4 Å². The molecule has 0 aromatic rings. The van der Waals surface area contributed by atoms with E-state index in [1.54, 1.807) is 0 Å². The van der Waals surface area contributed by atoms with E-state index in [1.165, 1.54) is 26.2 Å². The second-order valence-corrected chi connectivity index (χ2v) is 5.62. The van der Waals surface area contributed by atoms with Crippen molar-refractivity contribution in [3.63, 3.8) is 0 Å². The number of aliphatic hydroxyl groups is 6. The first kappa shape index (κ1) is 25.5. The molecule has 0 aliphatic heterocycles. The second kappa shape index (κ2) is 15.7. The zero-order valence-electron chi connectivity index (χ0n) is 14.8. The summed E-state index contributed by atoms with van der Waals surface area (Å²) in [6.07, 6.45) is -0.671. The van der Waals surface area contributed by atoms with Gasteiger partial charge >= 0.3 is 5.97 Å². The van der Waals surface area contributed by atoms with Gasteiger partial charge in [0.1, 0.15) is 30.5 Å². The average molecular weight is 354 g/mol. The van der Waals surface area contributed by atoms with Gasteiger partial charge in [0, 0.05) is 6.92 Å². The fourth-order valence-corrected chi connectivity index (χ4v) is 1.87. The van der Waals surface area contributed by atoms with Gasteiger partial charge in [0.2, 0.25) is 0 Å². The maximum absolute atomic E-state index is 10.6. The third kappa shape index (κ3) is 12.6. The summed E-state index contributed by atoms with van der Waals surface area (Å²) in [5.41, 5.74) is 0. The Labute approximate surface area is 143 Å². The Kier molecular flexibility index (Phi) is 16.7. The normalized spacial score (nSPS) is 17.0. The Morgan fingerprint density at radius 1 is 0.917 bits per heavy atom. The number of carbonyl (C=O) groups excluding carboxylic acids is 1. The number of unbranched alkanes of at least 4 members (excludes halogenated alkanes) is 2. The van der Waals surface area contributed by atoms with Crippen molar-refractivity contribution in [1.82, 2.24) is 0 Å². The molecule has 8 heteroatoms. The van der Waals surface area contributed by atoms with Gasteiger partial charge in [-0.2, -0.15) is 0 Å². The van der Waals surface area contributed by atoms with Crippen LogP contribution in [0.3, 0.4) is 0 Å². The lowest BCUT2D eigenvalue weighted by atomic mass is 10.0. The van der Waals surface area contributed by atoms with E-state index >= 15 is 0 Å². The molecule has 0 bridgehead atoms. The van der Waals surface area contributed by atoms with Crippen LogP contribution in [0.4, 0.5) is 0 Å². The third-order valence-electron chi connectivity index (χ3n) is 3.43. The highest BCUT2D eigenvalue weighted by atomic mass is 16.5.